The number of hydrogen-bond donors (Lipinski definition) is 0. The Hall–Kier alpha value is -0.930. The van der Waals surface area contributed by atoms with E-state index in [1.807, 2.05) is 13.1 Å². The number of halogens is 1. The molecule has 1 aromatic heterocycles. The Labute approximate surface area is 71.6 Å². The fourth-order valence-corrected chi connectivity index (χ4v) is 0.978. The summed E-state index contributed by atoms with van der Waals surface area (Å²) in [6.07, 6.45) is 4.27. The van der Waals surface area contributed by atoms with Gasteiger partial charge in [-0.1, -0.05) is 12.1 Å². The molecule has 0 spiro atoms. The van der Waals surface area contributed by atoms with Crippen LogP contribution in [0.3, 0.4) is 0 Å². The van der Waals surface area contributed by atoms with E-state index in [0.717, 1.165) is 25.1 Å². The Kier molecular flexibility index (Phi) is 3.70. The molecule has 0 aromatic carbocycles. The smallest absolute Gasteiger partial charge is 0.0895 e. The van der Waals surface area contributed by atoms with E-state index in [1.54, 1.807) is 4.68 Å². The van der Waals surface area contributed by atoms with E-state index in [0.29, 0.717) is 6.42 Å². The average molecular weight is 171 g/mol. The molecule has 0 aliphatic rings. The summed E-state index contributed by atoms with van der Waals surface area (Å²) in [5.74, 6) is 0. The van der Waals surface area contributed by atoms with E-state index in [9.17, 15) is 4.39 Å². The first kappa shape index (κ1) is 9.16. The van der Waals surface area contributed by atoms with Crippen molar-refractivity contribution < 1.29 is 4.39 Å². The van der Waals surface area contributed by atoms with Crippen LogP contribution in [-0.2, 0) is 13.0 Å². The zero-order valence-electron chi connectivity index (χ0n) is 7.33. The van der Waals surface area contributed by atoms with E-state index in [-0.39, 0.29) is 6.67 Å². The van der Waals surface area contributed by atoms with Crippen LogP contribution >= 0.6 is 0 Å². The molecule has 3 nitrogen and oxygen atoms in total. The van der Waals surface area contributed by atoms with Gasteiger partial charge in [0, 0.05) is 12.7 Å². The van der Waals surface area contributed by atoms with E-state index < -0.39 is 0 Å². The summed E-state index contributed by atoms with van der Waals surface area (Å²) in [6, 6.07) is 0. The zero-order chi connectivity index (χ0) is 8.81. The van der Waals surface area contributed by atoms with Gasteiger partial charge in [0.15, 0.2) is 0 Å². The molecule has 0 N–H and O–H groups in total. The number of unbranched alkanes of at least 4 members (excludes halogenated alkanes) is 1. The van der Waals surface area contributed by atoms with Crippen LogP contribution in [0.1, 0.15) is 25.5 Å². The van der Waals surface area contributed by atoms with Crippen molar-refractivity contribution in [2.24, 2.45) is 0 Å². The van der Waals surface area contributed by atoms with Gasteiger partial charge in [-0.3, -0.25) is 9.07 Å². The van der Waals surface area contributed by atoms with Gasteiger partial charge < -0.3 is 0 Å². The summed E-state index contributed by atoms with van der Waals surface area (Å²) in [7, 11) is 0. The minimum atomic E-state index is -0.241. The lowest BCUT2D eigenvalue weighted by Gasteiger charge is -1.96. The predicted octanol–water partition coefficient (Wildman–Crippen LogP) is 1.59. The average Bonchev–Trinajstić information content (AvgIpc) is 2.53. The van der Waals surface area contributed by atoms with Gasteiger partial charge in [-0.05, 0) is 19.3 Å². The summed E-state index contributed by atoms with van der Waals surface area (Å²) in [5, 5.41) is 7.84. The maximum atomic E-state index is 11.7. The first-order valence-electron chi connectivity index (χ1n) is 4.31. The molecule has 0 aliphatic carbocycles. The summed E-state index contributed by atoms with van der Waals surface area (Å²) >= 11 is 0. The van der Waals surface area contributed by atoms with Crippen LogP contribution in [0.2, 0.25) is 0 Å². The molecule has 68 valence electrons. The molecule has 1 aromatic rings. The maximum absolute atomic E-state index is 11.7. The second kappa shape index (κ2) is 4.85. The quantitative estimate of drug-likeness (QED) is 0.630. The third-order valence-corrected chi connectivity index (χ3v) is 1.72. The molecule has 0 radical (unpaired) electrons. The number of rotatable bonds is 5. The van der Waals surface area contributed by atoms with Gasteiger partial charge in [-0.15, -0.1) is 5.10 Å². The van der Waals surface area contributed by atoms with Crippen LogP contribution in [0.15, 0.2) is 6.20 Å². The summed E-state index contributed by atoms with van der Waals surface area (Å²) < 4.78 is 13.5. The standard InChI is InChI=1S/C8H14FN3/c1-2-8-7-12(11-10-8)6-4-3-5-9/h7H,2-6H2,1H3. The van der Waals surface area contributed by atoms with Gasteiger partial charge >= 0.3 is 0 Å². The molecule has 1 heterocycles. The highest BCUT2D eigenvalue weighted by molar-refractivity contribution is 4.90. The molecule has 4 heteroatoms. The molecule has 0 atom stereocenters. The Morgan fingerprint density at radius 1 is 1.50 bits per heavy atom. The molecule has 0 aliphatic heterocycles. The van der Waals surface area contributed by atoms with Crippen LogP contribution in [-0.4, -0.2) is 21.7 Å². The number of aromatic nitrogens is 3. The Bertz CT molecular complexity index is 222. The Balaban J connectivity index is 2.31. The van der Waals surface area contributed by atoms with Gasteiger partial charge in [-0.25, -0.2) is 0 Å². The summed E-state index contributed by atoms with van der Waals surface area (Å²) in [4.78, 5) is 0. The lowest BCUT2D eigenvalue weighted by atomic mass is 10.3. The van der Waals surface area contributed by atoms with Crippen molar-refractivity contribution in [2.75, 3.05) is 6.67 Å². The van der Waals surface area contributed by atoms with Gasteiger partial charge in [-0.2, -0.15) is 0 Å². The van der Waals surface area contributed by atoms with Crippen molar-refractivity contribution >= 4 is 0 Å². The van der Waals surface area contributed by atoms with E-state index >= 15 is 0 Å². The van der Waals surface area contributed by atoms with Crippen molar-refractivity contribution in [3.63, 3.8) is 0 Å². The SMILES string of the molecule is CCc1cn(CCCCF)nn1. The lowest BCUT2D eigenvalue weighted by Crippen LogP contribution is -1.98. The number of alkyl halides is 1. The predicted molar refractivity (Wildman–Crippen MR) is 44.6 cm³/mol. The molecule has 1 rings (SSSR count). The first-order valence-corrected chi connectivity index (χ1v) is 4.31. The molecule has 0 saturated heterocycles. The lowest BCUT2D eigenvalue weighted by molar-refractivity contribution is 0.437. The molecular formula is C8H14FN3. The number of hydrogen-bond acceptors (Lipinski definition) is 2. The fraction of sp³-hybridized carbons (Fsp3) is 0.750. The third kappa shape index (κ3) is 2.60. The minimum Gasteiger partial charge on any atom is -0.252 e. The van der Waals surface area contributed by atoms with Gasteiger partial charge in [0.1, 0.15) is 0 Å². The summed E-state index contributed by atoms with van der Waals surface area (Å²) in [6.45, 7) is 2.57. The molecule has 0 bridgehead atoms. The zero-order valence-corrected chi connectivity index (χ0v) is 7.33. The van der Waals surface area contributed by atoms with Crippen molar-refractivity contribution in [3.05, 3.63) is 11.9 Å². The van der Waals surface area contributed by atoms with Crippen molar-refractivity contribution in [1.29, 1.82) is 0 Å². The maximum Gasteiger partial charge on any atom is 0.0895 e. The van der Waals surface area contributed by atoms with E-state index in [4.69, 9.17) is 0 Å². The van der Waals surface area contributed by atoms with Crippen LogP contribution in [0, 0.1) is 0 Å². The van der Waals surface area contributed by atoms with Crippen molar-refractivity contribution in [2.45, 2.75) is 32.7 Å². The van der Waals surface area contributed by atoms with Crippen LogP contribution in [0.5, 0.6) is 0 Å². The molecule has 0 saturated carbocycles. The molecule has 0 fully saturated rings. The summed E-state index contributed by atoms with van der Waals surface area (Å²) in [5.41, 5.74) is 0.996. The monoisotopic (exact) mass is 171 g/mol. The van der Waals surface area contributed by atoms with E-state index in [2.05, 4.69) is 10.3 Å². The Morgan fingerprint density at radius 3 is 2.92 bits per heavy atom. The highest BCUT2D eigenvalue weighted by Crippen LogP contribution is 1.97. The van der Waals surface area contributed by atoms with Gasteiger partial charge in [0.25, 0.3) is 0 Å². The van der Waals surface area contributed by atoms with Crippen LogP contribution in [0.25, 0.3) is 0 Å². The second-order valence-electron chi connectivity index (χ2n) is 2.72. The Morgan fingerprint density at radius 2 is 2.33 bits per heavy atom. The largest absolute Gasteiger partial charge is 0.252 e. The van der Waals surface area contributed by atoms with Crippen LogP contribution < -0.4 is 0 Å². The number of aryl methyl sites for hydroxylation is 2. The third-order valence-electron chi connectivity index (χ3n) is 1.72. The molecular weight excluding hydrogens is 157 g/mol. The highest BCUT2D eigenvalue weighted by atomic mass is 19.1. The van der Waals surface area contributed by atoms with Crippen molar-refractivity contribution in [1.82, 2.24) is 15.0 Å². The van der Waals surface area contributed by atoms with Crippen molar-refractivity contribution in [3.8, 4) is 0 Å². The highest BCUT2D eigenvalue weighted by Gasteiger charge is 1.96. The molecule has 0 amide bonds. The first-order chi connectivity index (χ1) is 5.86. The molecule has 12 heavy (non-hydrogen) atoms. The van der Waals surface area contributed by atoms with Crippen LogP contribution in [0.4, 0.5) is 4.39 Å². The van der Waals surface area contributed by atoms with E-state index in [1.165, 1.54) is 0 Å². The normalized spacial score (nSPS) is 10.5. The molecule has 0 unspecified atom stereocenters. The fourth-order valence-electron chi connectivity index (χ4n) is 0.978. The van der Waals surface area contributed by atoms with Gasteiger partial charge in [0.05, 0.1) is 12.4 Å². The topological polar surface area (TPSA) is 30.7 Å². The number of nitrogens with zero attached hydrogens (tertiary/aromatic N) is 3. The minimum absolute atomic E-state index is 0.241. The second-order valence-corrected chi connectivity index (χ2v) is 2.72. The van der Waals surface area contributed by atoms with Gasteiger partial charge in [0.2, 0.25) is 0 Å².